The van der Waals surface area contributed by atoms with E-state index in [1.165, 1.54) is 24.1 Å². The fourth-order valence-electron chi connectivity index (χ4n) is 2.63. The van der Waals surface area contributed by atoms with Crippen LogP contribution in [0.1, 0.15) is 30.2 Å². The van der Waals surface area contributed by atoms with Gasteiger partial charge in [-0.15, -0.1) is 11.3 Å². The summed E-state index contributed by atoms with van der Waals surface area (Å²) in [5.74, 6) is 0.545. The zero-order valence-electron chi connectivity index (χ0n) is 9.96. The lowest BCUT2D eigenvalue weighted by Crippen LogP contribution is -2.32. The third kappa shape index (κ3) is 3.04. The normalized spacial score (nSPS) is 27.1. The second-order valence-corrected chi connectivity index (χ2v) is 7.23. The summed E-state index contributed by atoms with van der Waals surface area (Å²) in [6, 6.07) is 2.58. The van der Waals surface area contributed by atoms with Crippen molar-refractivity contribution >= 4 is 38.9 Å². The number of nitrogens with zero attached hydrogens (tertiary/aromatic N) is 1. The Morgan fingerprint density at radius 2 is 2.35 bits per heavy atom. The van der Waals surface area contributed by atoms with Crippen LogP contribution in [-0.2, 0) is 0 Å². The lowest BCUT2D eigenvalue weighted by molar-refractivity contribution is 0.199. The molecule has 1 saturated heterocycles. The average Bonchev–Trinajstić information content (AvgIpc) is 2.51. The number of hydrogen-bond acceptors (Lipinski definition) is 3. The van der Waals surface area contributed by atoms with Crippen molar-refractivity contribution in [2.45, 2.75) is 25.3 Å². The van der Waals surface area contributed by atoms with Crippen LogP contribution in [-0.4, -0.2) is 25.0 Å². The molecular weight excluding hydrogens is 320 g/mol. The highest BCUT2D eigenvalue weighted by atomic mass is 79.9. The molecule has 1 aliphatic heterocycles. The van der Waals surface area contributed by atoms with Crippen molar-refractivity contribution < 1.29 is 0 Å². The van der Waals surface area contributed by atoms with Crippen LogP contribution in [0.5, 0.6) is 0 Å². The number of nitrogens with two attached hydrogens (primary N) is 1. The van der Waals surface area contributed by atoms with E-state index in [0.717, 1.165) is 21.9 Å². The van der Waals surface area contributed by atoms with Crippen molar-refractivity contribution in [3.05, 3.63) is 19.8 Å². The van der Waals surface area contributed by atoms with Gasteiger partial charge in [-0.05, 0) is 60.9 Å². The van der Waals surface area contributed by atoms with Crippen LogP contribution in [0.15, 0.2) is 10.5 Å². The van der Waals surface area contributed by atoms with E-state index in [1.54, 1.807) is 11.3 Å². The number of likely N-dealkylation sites (tertiary alicyclic amines) is 1. The fourth-order valence-corrected chi connectivity index (χ4v) is 4.63. The Morgan fingerprint density at radius 1 is 1.59 bits per heavy atom. The van der Waals surface area contributed by atoms with Crippen LogP contribution in [0.4, 0.5) is 0 Å². The van der Waals surface area contributed by atoms with Gasteiger partial charge in [-0.1, -0.05) is 18.0 Å². The summed E-state index contributed by atoms with van der Waals surface area (Å²) >= 11 is 11.3. The molecule has 2 nitrogen and oxygen atoms in total. The number of hydrogen-bond donors (Lipinski definition) is 1. The first-order valence-electron chi connectivity index (χ1n) is 5.98. The number of thiophene rings is 1. The van der Waals surface area contributed by atoms with Crippen LogP contribution in [0.25, 0.3) is 0 Å². The molecule has 0 amide bonds. The molecular formula is C12H18BrClN2S. The monoisotopic (exact) mass is 336 g/mol. The average molecular weight is 338 g/mol. The second-order valence-electron chi connectivity index (χ2n) is 4.69. The molecule has 2 heterocycles. The molecule has 2 rings (SSSR count). The fraction of sp³-hybridized carbons (Fsp3) is 0.667. The van der Waals surface area contributed by atoms with Gasteiger partial charge in [0.25, 0.3) is 0 Å². The molecule has 0 aromatic carbocycles. The molecule has 1 fully saturated rings. The Kier molecular flexibility index (Phi) is 4.89. The molecule has 1 aliphatic rings. The Morgan fingerprint density at radius 3 is 2.94 bits per heavy atom. The molecule has 0 radical (unpaired) electrons. The minimum Gasteiger partial charge on any atom is -0.330 e. The molecule has 96 valence electrons. The first-order valence-corrected chi connectivity index (χ1v) is 7.97. The Balaban J connectivity index is 2.30. The van der Waals surface area contributed by atoms with Gasteiger partial charge in [-0.2, -0.15) is 0 Å². The van der Waals surface area contributed by atoms with Crippen molar-refractivity contribution in [2.24, 2.45) is 11.7 Å². The molecule has 2 unspecified atom stereocenters. The minimum absolute atomic E-state index is 0.427. The van der Waals surface area contributed by atoms with E-state index in [2.05, 4.69) is 33.9 Å². The van der Waals surface area contributed by atoms with Crippen LogP contribution in [0.2, 0.25) is 4.34 Å². The SMILES string of the molecule is CN1CCCCC(CN)C1c1cc(Br)c(Cl)s1. The standard InChI is InChI=1S/C12H18BrClN2S/c1-16-5-3-2-4-8(7-15)11(16)10-6-9(13)12(14)17-10/h6,8,11H,2-5,7,15H2,1H3. The molecule has 5 heteroatoms. The predicted octanol–water partition coefficient (Wildman–Crippen LogP) is 3.90. The Bertz CT molecular complexity index is 363. The largest absolute Gasteiger partial charge is 0.330 e. The third-order valence-electron chi connectivity index (χ3n) is 3.52. The van der Waals surface area contributed by atoms with Crippen molar-refractivity contribution in [3.63, 3.8) is 0 Å². The molecule has 0 spiro atoms. The predicted molar refractivity (Wildman–Crippen MR) is 78.8 cm³/mol. The first kappa shape index (κ1) is 13.8. The maximum Gasteiger partial charge on any atom is 0.107 e. The van der Waals surface area contributed by atoms with E-state index in [-0.39, 0.29) is 0 Å². The molecule has 2 atom stereocenters. The van der Waals surface area contributed by atoms with Crippen LogP contribution in [0, 0.1) is 5.92 Å². The molecule has 0 saturated carbocycles. The summed E-state index contributed by atoms with van der Waals surface area (Å²) in [7, 11) is 2.19. The van der Waals surface area contributed by atoms with Gasteiger partial charge in [0.15, 0.2) is 0 Å². The summed E-state index contributed by atoms with van der Waals surface area (Å²) in [6.07, 6.45) is 3.77. The van der Waals surface area contributed by atoms with Crippen molar-refractivity contribution in [2.75, 3.05) is 20.1 Å². The van der Waals surface area contributed by atoms with Crippen LogP contribution >= 0.6 is 38.9 Å². The maximum atomic E-state index is 6.15. The lowest BCUT2D eigenvalue weighted by atomic mass is 9.94. The van der Waals surface area contributed by atoms with Crippen molar-refractivity contribution in [1.82, 2.24) is 4.90 Å². The number of rotatable bonds is 2. The highest BCUT2D eigenvalue weighted by molar-refractivity contribution is 9.10. The van der Waals surface area contributed by atoms with E-state index in [9.17, 15) is 0 Å². The van der Waals surface area contributed by atoms with Gasteiger partial charge in [-0.25, -0.2) is 0 Å². The van der Waals surface area contributed by atoms with Crippen molar-refractivity contribution in [1.29, 1.82) is 0 Å². The van der Waals surface area contributed by atoms with E-state index in [0.29, 0.717) is 12.0 Å². The second kappa shape index (κ2) is 6.02. The highest BCUT2D eigenvalue weighted by Crippen LogP contribution is 2.41. The van der Waals surface area contributed by atoms with E-state index < -0.39 is 0 Å². The third-order valence-corrected chi connectivity index (χ3v) is 6.06. The van der Waals surface area contributed by atoms with Gasteiger partial charge >= 0.3 is 0 Å². The molecule has 0 bridgehead atoms. The lowest BCUT2D eigenvalue weighted by Gasteiger charge is -2.30. The first-order chi connectivity index (χ1) is 8.13. The summed E-state index contributed by atoms with van der Waals surface area (Å²) in [5, 5.41) is 0. The topological polar surface area (TPSA) is 29.3 Å². The quantitative estimate of drug-likeness (QED) is 0.887. The Hall–Kier alpha value is 0.390. The summed E-state index contributed by atoms with van der Waals surface area (Å²) in [5.41, 5.74) is 5.94. The van der Waals surface area contributed by atoms with Gasteiger partial charge in [0, 0.05) is 15.4 Å². The van der Waals surface area contributed by atoms with Gasteiger partial charge in [-0.3, -0.25) is 4.90 Å². The summed E-state index contributed by atoms with van der Waals surface area (Å²) < 4.78 is 1.85. The highest BCUT2D eigenvalue weighted by Gasteiger charge is 2.29. The molecule has 1 aromatic rings. The van der Waals surface area contributed by atoms with Crippen LogP contribution in [0.3, 0.4) is 0 Å². The zero-order valence-corrected chi connectivity index (χ0v) is 13.1. The van der Waals surface area contributed by atoms with Crippen molar-refractivity contribution in [3.8, 4) is 0 Å². The summed E-state index contributed by atoms with van der Waals surface area (Å²) in [6.45, 7) is 1.90. The molecule has 17 heavy (non-hydrogen) atoms. The van der Waals surface area contributed by atoms with E-state index in [1.807, 2.05) is 0 Å². The van der Waals surface area contributed by atoms with Crippen LogP contribution < -0.4 is 5.73 Å². The minimum atomic E-state index is 0.427. The number of halogens is 2. The molecule has 0 aliphatic carbocycles. The van der Waals surface area contributed by atoms with Gasteiger partial charge in [0.05, 0.1) is 0 Å². The Labute approximate surface area is 120 Å². The molecule has 1 aromatic heterocycles. The zero-order chi connectivity index (χ0) is 12.4. The van der Waals surface area contributed by atoms with Gasteiger partial charge < -0.3 is 5.73 Å². The summed E-state index contributed by atoms with van der Waals surface area (Å²) in [4.78, 5) is 3.76. The van der Waals surface area contributed by atoms with E-state index in [4.69, 9.17) is 17.3 Å². The smallest absolute Gasteiger partial charge is 0.107 e. The maximum absolute atomic E-state index is 6.15. The van der Waals surface area contributed by atoms with Gasteiger partial charge in [0.1, 0.15) is 4.34 Å². The van der Waals surface area contributed by atoms with Gasteiger partial charge in [0.2, 0.25) is 0 Å². The molecule has 2 N–H and O–H groups in total. The van der Waals surface area contributed by atoms with E-state index >= 15 is 0 Å².